The first-order chi connectivity index (χ1) is 9.45. The summed E-state index contributed by atoms with van der Waals surface area (Å²) in [4.78, 5) is 4.52. The standard InChI is InChI=1S/C13H17F3N2.C2H6/c1-17-6-8-18(9-7-17)10-11-2-4-12(5-3-11)13(14,15)16;1-2/h2-5H,6-10H2,1H3;1-2H3. The molecule has 1 aliphatic rings. The molecule has 0 saturated carbocycles. The van der Waals surface area contributed by atoms with Gasteiger partial charge in [0.05, 0.1) is 5.56 Å². The van der Waals surface area contributed by atoms with Gasteiger partial charge in [0, 0.05) is 32.7 Å². The summed E-state index contributed by atoms with van der Waals surface area (Å²) in [6, 6.07) is 5.46. The van der Waals surface area contributed by atoms with E-state index in [0.717, 1.165) is 50.4 Å². The lowest BCUT2D eigenvalue weighted by Gasteiger charge is -2.32. The van der Waals surface area contributed by atoms with Crippen LogP contribution in [0.5, 0.6) is 0 Å². The first kappa shape index (κ1) is 17.0. The second-order valence-electron chi connectivity index (χ2n) is 4.77. The molecule has 20 heavy (non-hydrogen) atoms. The van der Waals surface area contributed by atoms with Crippen LogP contribution >= 0.6 is 0 Å². The summed E-state index contributed by atoms with van der Waals surface area (Å²) in [6.07, 6.45) is -4.24. The normalized spacial score (nSPS) is 17.5. The lowest BCUT2D eigenvalue weighted by atomic mass is 10.1. The highest BCUT2D eigenvalue weighted by molar-refractivity contribution is 5.24. The van der Waals surface area contributed by atoms with E-state index in [1.165, 1.54) is 0 Å². The van der Waals surface area contributed by atoms with E-state index in [0.29, 0.717) is 0 Å². The Hall–Kier alpha value is -1.07. The predicted molar refractivity (Wildman–Crippen MR) is 75.6 cm³/mol. The summed E-state index contributed by atoms with van der Waals surface area (Å²) in [6.45, 7) is 8.70. The molecule has 0 radical (unpaired) electrons. The van der Waals surface area contributed by atoms with Crippen LogP contribution in [0.3, 0.4) is 0 Å². The average molecular weight is 288 g/mol. The van der Waals surface area contributed by atoms with E-state index < -0.39 is 11.7 Å². The Kier molecular flexibility index (Phi) is 6.49. The number of piperazine rings is 1. The Morgan fingerprint density at radius 3 is 1.90 bits per heavy atom. The van der Waals surface area contributed by atoms with Gasteiger partial charge in [-0.3, -0.25) is 4.90 Å². The Morgan fingerprint density at radius 2 is 1.45 bits per heavy atom. The van der Waals surface area contributed by atoms with Gasteiger partial charge >= 0.3 is 6.18 Å². The van der Waals surface area contributed by atoms with Crippen LogP contribution in [0.2, 0.25) is 0 Å². The van der Waals surface area contributed by atoms with Crippen molar-refractivity contribution in [3.8, 4) is 0 Å². The molecule has 1 fully saturated rings. The van der Waals surface area contributed by atoms with Crippen molar-refractivity contribution in [3.05, 3.63) is 35.4 Å². The molecule has 0 atom stereocenters. The van der Waals surface area contributed by atoms with Crippen LogP contribution in [-0.2, 0) is 12.7 Å². The molecule has 1 heterocycles. The number of alkyl halides is 3. The number of hydrogen-bond acceptors (Lipinski definition) is 2. The van der Waals surface area contributed by atoms with Crippen LogP contribution in [0.15, 0.2) is 24.3 Å². The fourth-order valence-corrected chi connectivity index (χ4v) is 2.06. The first-order valence-electron chi connectivity index (χ1n) is 7.02. The highest BCUT2D eigenvalue weighted by atomic mass is 19.4. The predicted octanol–water partition coefficient (Wildman–Crippen LogP) is 3.48. The molecule has 114 valence electrons. The third-order valence-electron chi connectivity index (χ3n) is 3.28. The number of nitrogens with zero attached hydrogens (tertiary/aromatic N) is 2. The van der Waals surface area contributed by atoms with Crippen molar-refractivity contribution >= 4 is 0 Å². The second kappa shape index (κ2) is 7.64. The molecule has 0 amide bonds. The molecule has 0 N–H and O–H groups in total. The monoisotopic (exact) mass is 288 g/mol. The molecule has 1 aromatic rings. The van der Waals surface area contributed by atoms with Gasteiger partial charge in [-0.15, -0.1) is 0 Å². The van der Waals surface area contributed by atoms with E-state index in [9.17, 15) is 13.2 Å². The molecule has 0 bridgehead atoms. The van der Waals surface area contributed by atoms with Crippen LogP contribution in [0.4, 0.5) is 13.2 Å². The van der Waals surface area contributed by atoms with E-state index >= 15 is 0 Å². The molecule has 1 aromatic carbocycles. The summed E-state index contributed by atoms with van der Waals surface area (Å²) in [5.74, 6) is 0. The van der Waals surface area contributed by atoms with Gasteiger partial charge in [-0.05, 0) is 24.7 Å². The minimum Gasteiger partial charge on any atom is -0.304 e. The maximum absolute atomic E-state index is 12.4. The van der Waals surface area contributed by atoms with Crippen LogP contribution in [-0.4, -0.2) is 43.0 Å². The Bertz CT molecular complexity index is 379. The third kappa shape index (κ3) is 5.13. The molecule has 2 nitrogen and oxygen atoms in total. The van der Waals surface area contributed by atoms with Crippen LogP contribution in [0.1, 0.15) is 25.0 Å². The quantitative estimate of drug-likeness (QED) is 0.822. The molecule has 2 rings (SSSR count). The number of rotatable bonds is 2. The number of halogens is 3. The van der Waals surface area contributed by atoms with Gasteiger partial charge in [-0.1, -0.05) is 26.0 Å². The van der Waals surface area contributed by atoms with E-state index in [1.54, 1.807) is 12.1 Å². The Morgan fingerprint density at radius 1 is 0.950 bits per heavy atom. The van der Waals surface area contributed by atoms with Crippen LogP contribution in [0, 0.1) is 0 Å². The summed E-state index contributed by atoms with van der Waals surface area (Å²) in [5, 5.41) is 0. The summed E-state index contributed by atoms with van der Waals surface area (Å²) in [7, 11) is 2.08. The average Bonchev–Trinajstić information content (AvgIpc) is 2.43. The van der Waals surface area contributed by atoms with Gasteiger partial charge in [0.15, 0.2) is 0 Å². The van der Waals surface area contributed by atoms with Gasteiger partial charge in [-0.2, -0.15) is 13.2 Å². The van der Waals surface area contributed by atoms with Gasteiger partial charge in [0.2, 0.25) is 0 Å². The van der Waals surface area contributed by atoms with Crippen molar-refractivity contribution in [1.29, 1.82) is 0 Å². The highest BCUT2D eigenvalue weighted by Gasteiger charge is 2.29. The zero-order chi connectivity index (χ0) is 15.2. The van der Waals surface area contributed by atoms with Gasteiger partial charge in [0.1, 0.15) is 0 Å². The molecule has 0 aromatic heterocycles. The van der Waals surface area contributed by atoms with Crippen molar-refractivity contribution in [1.82, 2.24) is 9.80 Å². The topological polar surface area (TPSA) is 6.48 Å². The van der Waals surface area contributed by atoms with Crippen molar-refractivity contribution < 1.29 is 13.2 Å². The maximum Gasteiger partial charge on any atom is 0.416 e. The summed E-state index contributed by atoms with van der Waals surface area (Å²) in [5.41, 5.74) is 0.359. The minimum atomic E-state index is -4.24. The molecule has 1 saturated heterocycles. The summed E-state index contributed by atoms with van der Waals surface area (Å²) >= 11 is 0. The van der Waals surface area contributed by atoms with Crippen molar-refractivity contribution in [3.63, 3.8) is 0 Å². The van der Waals surface area contributed by atoms with Gasteiger partial charge in [0.25, 0.3) is 0 Å². The molecular formula is C15H23F3N2. The fraction of sp³-hybridized carbons (Fsp3) is 0.600. The van der Waals surface area contributed by atoms with E-state index in [2.05, 4.69) is 16.8 Å². The highest BCUT2D eigenvalue weighted by Crippen LogP contribution is 2.29. The largest absolute Gasteiger partial charge is 0.416 e. The fourth-order valence-electron chi connectivity index (χ4n) is 2.06. The molecule has 1 aliphatic heterocycles. The van der Waals surface area contributed by atoms with Crippen molar-refractivity contribution in [2.45, 2.75) is 26.6 Å². The number of likely N-dealkylation sites (N-methyl/N-ethyl adjacent to an activating group) is 1. The molecule has 0 aliphatic carbocycles. The zero-order valence-corrected chi connectivity index (χ0v) is 12.4. The van der Waals surface area contributed by atoms with E-state index in [4.69, 9.17) is 0 Å². The molecule has 5 heteroatoms. The smallest absolute Gasteiger partial charge is 0.304 e. The minimum absolute atomic E-state index is 0.579. The first-order valence-corrected chi connectivity index (χ1v) is 7.02. The van der Waals surface area contributed by atoms with Crippen LogP contribution < -0.4 is 0 Å². The second-order valence-corrected chi connectivity index (χ2v) is 4.77. The summed E-state index contributed by atoms with van der Waals surface area (Å²) < 4.78 is 37.2. The van der Waals surface area contributed by atoms with Crippen molar-refractivity contribution in [2.24, 2.45) is 0 Å². The maximum atomic E-state index is 12.4. The zero-order valence-electron chi connectivity index (χ0n) is 12.4. The van der Waals surface area contributed by atoms with Crippen molar-refractivity contribution in [2.75, 3.05) is 33.2 Å². The Balaban J connectivity index is 0.000000956. The van der Waals surface area contributed by atoms with E-state index in [1.807, 2.05) is 13.8 Å². The number of benzene rings is 1. The lowest BCUT2D eigenvalue weighted by molar-refractivity contribution is -0.137. The Labute approximate surface area is 119 Å². The van der Waals surface area contributed by atoms with Gasteiger partial charge < -0.3 is 4.90 Å². The lowest BCUT2D eigenvalue weighted by Crippen LogP contribution is -2.43. The molecular weight excluding hydrogens is 265 g/mol. The number of hydrogen-bond donors (Lipinski definition) is 0. The molecule has 0 spiro atoms. The SMILES string of the molecule is CC.CN1CCN(Cc2ccc(C(F)(F)F)cc2)CC1. The van der Waals surface area contributed by atoms with Gasteiger partial charge in [-0.25, -0.2) is 0 Å². The molecule has 0 unspecified atom stereocenters. The third-order valence-corrected chi connectivity index (χ3v) is 3.28. The van der Waals surface area contributed by atoms with Crippen LogP contribution in [0.25, 0.3) is 0 Å². The van der Waals surface area contributed by atoms with E-state index in [-0.39, 0.29) is 0 Å².